The van der Waals surface area contributed by atoms with Crippen molar-refractivity contribution in [3.8, 4) is 0 Å². The zero-order valence-corrected chi connectivity index (χ0v) is 16.3. The summed E-state index contributed by atoms with van der Waals surface area (Å²) in [5.74, 6) is 0.286. The van der Waals surface area contributed by atoms with Gasteiger partial charge in [-0.05, 0) is 31.5 Å². The summed E-state index contributed by atoms with van der Waals surface area (Å²) < 4.78 is 41.5. The van der Waals surface area contributed by atoms with Crippen LogP contribution >= 0.6 is 15.9 Å². The van der Waals surface area contributed by atoms with Crippen LogP contribution in [0.15, 0.2) is 40.9 Å². The van der Waals surface area contributed by atoms with E-state index in [4.69, 9.17) is 0 Å². The molecule has 0 amide bonds. The van der Waals surface area contributed by atoms with Crippen LogP contribution in [0.3, 0.4) is 0 Å². The number of anilines is 1. The van der Waals surface area contributed by atoms with Crippen LogP contribution in [-0.4, -0.2) is 15.1 Å². The summed E-state index contributed by atoms with van der Waals surface area (Å²) >= 11 is 3.37. The first-order chi connectivity index (χ1) is 13.1. The molecule has 0 bridgehead atoms. The monoisotopic (exact) mass is 454 g/mol. The number of aromatic nitrogens is 2. The molecule has 146 valence electrons. The smallest absolute Gasteiger partial charge is 0.362 e. The van der Waals surface area contributed by atoms with E-state index >= 15 is 0 Å². The van der Waals surface area contributed by atoms with E-state index in [-0.39, 0.29) is 11.4 Å². The van der Waals surface area contributed by atoms with Crippen molar-refractivity contribution in [1.29, 1.82) is 0 Å². The molecule has 1 aromatic heterocycles. The minimum absolute atomic E-state index is 0.243. The van der Waals surface area contributed by atoms with Crippen molar-refractivity contribution in [3.63, 3.8) is 0 Å². The minimum Gasteiger partial charge on any atom is -0.362 e. The normalized spacial score (nSPS) is 12.8. The Hall–Kier alpha value is -2.75. The molecule has 3 rings (SSSR count). The molecule has 28 heavy (non-hydrogen) atoms. The molecule has 2 aromatic carbocycles. The number of nitro groups is 1. The summed E-state index contributed by atoms with van der Waals surface area (Å²) in [6, 6.07) is 7.82. The molecule has 0 radical (unpaired) electrons. The summed E-state index contributed by atoms with van der Waals surface area (Å²) in [6.45, 7) is 3.26. The first-order valence-corrected chi connectivity index (χ1v) is 8.92. The van der Waals surface area contributed by atoms with Crippen molar-refractivity contribution in [2.45, 2.75) is 26.1 Å². The third kappa shape index (κ3) is 3.77. The Labute approximate surface area is 166 Å². The van der Waals surface area contributed by atoms with E-state index in [1.54, 1.807) is 13.0 Å². The van der Waals surface area contributed by atoms with Crippen LogP contribution in [0.2, 0.25) is 0 Å². The molecule has 1 atom stereocenters. The standard InChI is InChI=1S/C18H14BrF3N4O2/c1-9(13-4-3-5-15(26(27)28)16(13)18(20,21)22)23-17-14-8-11(19)6-7-12(14)10(2)24-25-17/h3-9H,1-2H3,(H,23,25). The van der Waals surface area contributed by atoms with E-state index < -0.39 is 28.4 Å². The third-order valence-corrected chi connectivity index (χ3v) is 4.79. The second-order valence-corrected chi connectivity index (χ2v) is 7.10. The maximum absolute atomic E-state index is 13.6. The van der Waals surface area contributed by atoms with Gasteiger partial charge in [-0.15, -0.1) is 5.10 Å². The van der Waals surface area contributed by atoms with Gasteiger partial charge in [0.2, 0.25) is 0 Å². The zero-order valence-electron chi connectivity index (χ0n) is 14.7. The summed E-state index contributed by atoms with van der Waals surface area (Å²) in [6.07, 6.45) is -4.88. The number of alkyl halides is 3. The lowest BCUT2D eigenvalue weighted by Crippen LogP contribution is -2.18. The van der Waals surface area contributed by atoms with Crippen molar-refractivity contribution < 1.29 is 18.1 Å². The SMILES string of the molecule is Cc1nnc(NC(C)c2cccc([N+](=O)[O-])c2C(F)(F)F)c2cc(Br)ccc12. The molecular formula is C18H14BrF3N4O2. The van der Waals surface area contributed by atoms with Gasteiger partial charge < -0.3 is 5.32 Å². The molecule has 0 saturated carbocycles. The van der Waals surface area contributed by atoms with Gasteiger partial charge in [-0.1, -0.05) is 34.1 Å². The summed E-state index contributed by atoms with van der Waals surface area (Å²) in [5.41, 5.74) is -1.83. The van der Waals surface area contributed by atoms with Gasteiger partial charge in [0.25, 0.3) is 5.69 Å². The quantitative estimate of drug-likeness (QED) is 0.397. The molecule has 1 unspecified atom stereocenters. The van der Waals surface area contributed by atoms with Gasteiger partial charge in [-0.25, -0.2) is 0 Å². The van der Waals surface area contributed by atoms with E-state index in [1.807, 2.05) is 12.1 Å². The van der Waals surface area contributed by atoms with Crippen molar-refractivity contribution in [3.05, 3.63) is 67.8 Å². The Kier molecular flexibility index (Phi) is 5.24. The third-order valence-electron chi connectivity index (χ3n) is 4.30. The number of benzene rings is 2. The minimum atomic E-state index is -4.88. The van der Waals surface area contributed by atoms with Crippen LogP contribution in [-0.2, 0) is 6.18 Å². The second kappa shape index (κ2) is 7.34. The highest BCUT2D eigenvalue weighted by molar-refractivity contribution is 9.10. The van der Waals surface area contributed by atoms with E-state index in [1.165, 1.54) is 19.1 Å². The highest BCUT2D eigenvalue weighted by Crippen LogP contribution is 2.41. The lowest BCUT2D eigenvalue weighted by molar-refractivity contribution is -0.388. The predicted molar refractivity (Wildman–Crippen MR) is 102 cm³/mol. The topological polar surface area (TPSA) is 81.0 Å². The molecule has 1 heterocycles. The van der Waals surface area contributed by atoms with Crippen LogP contribution < -0.4 is 5.32 Å². The van der Waals surface area contributed by atoms with Crippen LogP contribution in [0.1, 0.15) is 29.8 Å². The van der Waals surface area contributed by atoms with E-state index in [2.05, 4.69) is 31.4 Å². The molecule has 1 N–H and O–H groups in total. The fourth-order valence-electron chi connectivity index (χ4n) is 3.03. The molecule has 0 fully saturated rings. The maximum Gasteiger partial charge on any atom is 0.423 e. The maximum atomic E-state index is 13.6. The van der Waals surface area contributed by atoms with Crippen molar-refractivity contribution in [1.82, 2.24) is 10.2 Å². The largest absolute Gasteiger partial charge is 0.423 e. The number of rotatable bonds is 4. The number of fused-ring (bicyclic) bond motifs is 1. The first kappa shape index (κ1) is 20.0. The van der Waals surface area contributed by atoms with Gasteiger partial charge >= 0.3 is 6.18 Å². The van der Waals surface area contributed by atoms with Gasteiger partial charge in [0.1, 0.15) is 5.56 Å². The van der Waals surface area contributed by atoms with Crippen LogP contribution in [0, 0.1) is 17.0 Å². The number of aryl methyl sites for hydroxylation is 1. The zero-order chi connectivity index (χ0) is 20.6. The molecular weight excluding hydrogens is 441 g/mol. The fourth-order valence-corrected chi connectivity index (χ4v) is 3.39. The molecule has 0 aliphatic carbocycles. The summed E-state index contributed by atoms with van der Waals surface area (Å²) in [5, 5.41) is 23.6. The first-order valence-electron chi connectivity index (χ1n) is 8.13. The Balaban J connectivity index is 2.10. The Morgan fingerprint density at radius 1 is 1.18 bits per heavy atom. The van der Waals surface area contributed by atoms with Gasteiger partial charge in [0.05, 0.1) is 16.7 Å². The van der Waals surface area contributed by atoms with Gasteiger partial charge in [-0.3, -0.25) is 10.1 Å². The van der Waals surface area contributed by atoms with Gasteiger partial charge in [-0.2, -0.15) is 18.3 Å². The molecule has 6 nitrogen and oxygen atoms in total. The molecule has 0 spiro atoms. The number of hydrogen-bond acceptors (Lipinski definition) is 5. The number of hydrogen-bond donors (Lipinski definition) is 1. The lowest BCUT2D eigenvalue weighted by Gasteiger charge is -2.20. The van der Waals surface area contributed by atoms with Crippen LogP contribution in [0.25, 0.3) is 10.8 Å². The summed E-state index contributed by atoms with van der Waals surface area (Å²) in [7, 11) is 0. The van der Waals surface area contributed by atoms with Crippen LogP contribution in [0.4, 0.5) is 24.7 Å². The second-order valence-electron chi connectivity index (χ2n) is 6.19. The number of halogens is 4. The molecule has 3 aromatic rings. The van der Waals surface area contributed by atoms with E-state index in [9.17, 15) is 23.3 Å². The van der Waals surface area contributed by atoms with Gasteiger partial charge in [0.15, 0.2) is 5.82 Å². The van der Waals surface area contributed by atoms with Crippen molar-refractivity contribution >= 4 is 38.2 Å². The Bertz CT molecular complexity index is 1070. The number of nitro benzene ring substituents is 1. The highest BCUT2D eigenvalue weighted by Gasteiger charge is 2.41. The number of nitrogens with zero attached hydrogens (tertiary/aromatic N) is 3. The predicted octanol–water partition coefficient (Wildman–Crippen LogP) is 5.80. The Morgan fingerprint density at radius 3 is 2.54 bits per heavy atom. The average molecular weight is 455 g/mol. The van der Waals surface area contributed by atoms with Crippen molar-refractivity contribution in [2.24, 2.45) is 0 Å². The molecule has 0 aliphatic rings. The van der Waals surface area contributed by atoms with Crippen LogP contribution in [0.5, 0.6) is 0 Å². The fraction of sp³-hybridized carbons (Fsp3) is 0.222. The van der Waals surface area contributed by atoms with Crippen molar-refractivity contribution in [2.75, 3.05) is 5.32 Å². The number of nitrogens with one attached hydrogen (secondary N) is 1. The highest BCUT2D eigenvalue weighted by atomic mass is 79.9. The molecule has 10 heteroatoms. The molecule has 0 aliphatic heterocycles. The van der Waals surface area contributed by atoms with E-state index in [0.29, 0.717) is 11.1 Å². The Morgan fingerprint density at radius 2 is 1.89 bits per heavy atom. The lowest BCUT2D eigenvalue weighted by atomic mass is 9.99. The average Bonchev–Trinajstić information content (AvgIpc) is 2.62. The molecule has 0 saturated heterocycles. The van der Waals surface area contributed by atoms with E-state index in [0.717, 1.165) is 15.9 Å². The summed E-state index contributed by atoms with van der Waals surface area (Å²) in [4.78, 5) is 10.1. The van der Waals surface area contributed by atoms with Gasteiger partial charge in [0, 0.05) is 21.3 Å².